The van der Waals surface area contributed by atoms with E-state index in [0.717, 1.165) is 5.56 Å². The van der Waals surface area contributed by atoms with Crippen molar-refractivity contribution in [3.05, 3.63) is 24.3 Å². The normalized spacial score (nSPS) is 11.3. The molecule has 0 unspecified atom stereocenters. The number of nitrogens with zero attached hydrogens (tertiary/aromatic N) is 4. The van der Waals surface area contributed by atoms with Gasteiger partial charge in [-0.05, 0) is 63.1 Å². The van der Waals surface area contributed by atoms with Crippen LogP contribution in [0.1, 0.15) is 40.0 Å². The van der Waals surface area contributed by atoms with Crippen molar-refractivity contribution in [2.75, 3.05) is 0 Å². The summed E-state index contributed by atoms with van der Waals surface area (Å²) in [5.74, 6) is -0.179. The number of aromatic nitrogens is 4. The largest absolute Gasteiger partial charge is 0.481 e. The highest BCUT2D eigenvalue weighted by Crippen LogP contribution is 2.22. The fraction of sp³-hybridized carbons (Fsp3) is 0.471. The molecule has 0 spiro atoms. The molecule has 0 atom stereocenters. The number of benzene rings is 1. The number of carbonyl (C=O) groups is 2. The summed E-state index contributed by atoms with van der Waals surface area (Å²) in [5, 5.41) is 20.8. The van der Waals surface area contributed by atoms with E-state index < -0.39 is 11.4 Å². The molecule has 0 aliphatic rings. The summed E-state index contributed by atoms with van der Waals surface area (Å²) in [6.07, 6.45) is 1.38. The van der Waals surface area contributed by atoms with Crippen LogP contribution in [-0.2, 0) is 16.1 Å². The van der Waals surface area contributed by atoms with Crippen LogP contribution in [-0.4, -0.2) is 37.3 Å². The van der Waals surface area contributed by atoms with Crippen LogP contribution >= 0.6 is 0 Å². The molecule has 0 amide bonds. The SMILES string of the molecule is CC(C)(C)C(=O)Oc1ccc(-c2nnn(CCCCC(=O)O)n2)cc1. The summed E-state index contributed by atoms with van der Waals surface area (Å²) >= 11 is 0. The maximum Gasteiger partial charge on any atom is 0.316 e. The molecule has 0 bridgehead atoms. The third-order valence-electron chi connectivity index (χ3n) is 3.39. The second-order valence-corrected chi connectivity index (χ2v) is 6.72. The first-order valence-electron chi connectivity index (χ1n) is 8.08. The average molecular weight is 346 g/mol. The first-order chi connectivity index (χ1) is 11.8. The number of esters is 1. The molecule has 0 fully saturated rings. The van der Waals surface area contributed by atoms with Gasteiger partial charge < -0.3 is 9.84 Å². The minimum atomic E-state index is -0.806. The molecule has 1 aromatic carbocycles. The van der Waals surface area contributed by atoms with Crippen molar-refractivity contribution in [1.82, 2.24) is 20.2 Å². The first-order valence-corrected chi connectivity index (χ1v) is 8.08. The summed E-state index contributed by atoms with van der Waals surface area (Å²) in [5.41, 5.74) is 0.191. The molecule has 2 aromatic rings. The van der Waals surface area contributed by atoms with Gasteiger partial charge in [-0.3, -0.25) is 9.59 Å². The number of aryl methyl sites for hydroxylation is 1. The van der Waals surface area contributed by atoms with Gasteiger partial charge in [0.1, 0.15) is 5.75 Å². The quantitative estimate of drug-likeness (QED) is 0.466. The first kappa shape index (κ1) is 18.6. The fourth-order valence-corrected chi connectivity index (χ4v) is 1.92. The van der Waals surface area contributed by atoms with E-state index in [0.29, 0.717) is 31.0 Å². The van der Waals surface area contributed by atoms with Gasteiger partial charge in [0, 0.05) is 12.0 Å². The lowest BCUT2D eigenvalue weighted by molar-refractivity contribution is -0.143. The van der Waals surface area contributed by atoms with Crippen LogP contribution in [0.5, 0.6) is 5.75 Å². The topological polar surface area (TPSA) is 107 Å². The Morgan fingerprint density at radius 1 is 1.16 bits per heavy atom. The lowest BCUT2D eigenvalue weighted by Crippen LogP contribution is -2.25. The molecule has 0 aliphatic carbocycles. The molecule has 8 heteroatoms. The zero-order valence-corrected chi connectivity index (χ0v) is 14.6. The summed E-state index contributed by atoms with van der Waals surface area (Å²) < 4.78 is 5.31. The minimum Gasteiger partial charge on any atom is -0.481 e. The molecule has 0 aliphatic heterocycles. The third-order valence-corrected chi connectivity index (χ3v) is 3.39. The Labute approximate surface area is 145 Å². The van der Waals surface area contributed by atoms with E-state index in [4.69, 9.17) is 9.84 Å². The molecule has 1 N–H and O–H groups in total. The number of tetrazole rings is 1. The van der Waals surface area contributed by atoms with Crippen LogP contribution in [0, 0.1) is 5.41 Å². The predicted octanol–water partition coefficient (Wildman–Crippen LogP) is 2.55. The van der Waals surface area contributed by atoms with Gasteiger partial charge in [-0.15, -0.1) is 10.2 Å². The smallest absolute Gasteiger partial charge is 0.316 e. The number of unbranched alkanes of at least 4 members (excludes halogenated alkanes) is 1. The lowest BCUT2D eigenvalue weighted by atomic mass is 9.97. The Hall–Kier alpha value is -2.77. The maximum atomic E-state index is 11.9. The molecule has 0 saturated carbocycles. The van der Waals surface area contributed by atoms with Crippen molar-refractivity contribution in [1.29, 1.82) is 0 Å². The van der Waals surface area contributed by atoms with Crippen LogP contribution in [0.4, 0.5) is 0 Å². The van der Waals surface area contributed by atoms with Crippen molar-refractivity contribution in [3.8, 4) is 17.1 Å². The lowest BCUT2D eigenvalue weighted by Gasteiger charge is -2.16. The third kappa shape index (κ3) is 5.66. The van der Waals surface area contributed by atoms with Crippen LogP contribution in [0.15, 0.2) is 24.3 Å². The predicted molar refractivity (Wildman–Crippen MR) is 89.8 cm³/mol. The monoisotopic (exact) mass is 346 g/mol. The summed E-state index contributed by atoms with van der Waals surface area (Å²) in [4.78, 5) is 23.8. The van der Waals surface area contributed by atoms with Gasteiger partial charge in [0.25, 0.3) is 0 Å². The van der Waals surface area contributed by atoms with Crippen molar-refractivity contribution in [2.45, 2.75) is 46.6 Å². The highest BCUT2D eigenvalue weighted by atomic mass is 16.5. The van der Waals surface area contributed by atoms with Gasteiger partial charge >= 0.3 is 11.9 Å². The molecule has 2 rings (SSSR count). The van der Waals surface area contributed by atoms with E-state index in [9.17, 15) is 9.59 Å². The van der Waals surface area contributed by atoms with Crippen molar-refractivity contribution < 1.29 is 19.4 Å². The zero-order chi connectivity index (χ0) is 18.4. The number of ether oxygens (including phenoxy) is 1. The molecular formula is C17H22N4O4. The number of rotatable bonds is 7. The van der Waals surface area contributed by atoms with Crippen LogP contribution in [0.3, 0.4) is 0 Å². The number of carboxylic acid groups (broad SMARTS) is 1. The van der Waals surface area contributed by atoms with Crippen LogP contribution in [0.25, 0.3) is 11.4 Å². The van der Waals surface area contributed by atoms with Crippen molar-refractivity contribution in [3.63, 3.8) is 0 Å². The molecule has 8 nitrogen and oxygen atoms in total. The standard InChI is InChI=1S/C17H22N4O4/c1-17(2,3)16(24)25-13-9-7-12(8-10-13)15-18-20-21(19-15)11-5-4-6-14(22)23/h7-10H,4-6,11H2,1-3H3,(H,22,23). The summed E-state index contributed by atoms with van der Waals surface area (Å²) in [6, 6.07) is 6.90. The van der Waals surface area contributed by atoms with Gasteiger partial charge in [-0.1, -0.05) is 0 Å². The van der Waals surface area contributed by atoms with E-state index in [1.165, 1.54) is 4.80 Å². The number of aliphatic carboxylic acids is 1. The van der Waals surface area contributed by atoms with E-state index in [-0.39, 0.29) is 12.4 Å². The molecule has 25 heavy (non-hydrogen) atoms. The highest BCUT2D eigenvalue weighted by molar-refractivity contribution is 5.78. The molecule has 0 radical (unpaired) electrons. The van der Waals surface area contributed by atoms with Gasteiger partial charge in [-0.2, -0.15) is 4.80 Å². The van der Waals surface area contributed by atoms with Crippen molar-refractivity contribution in [2.24, 2.45) is 5.41 Å². The van der Waals surface area contributed by atoms with E-state index >= 15 is 0 Å². The Morgan fingerprint density at radius 3 is 2.44 bits per heavy atom. The average Bonchev–Trinajstić information content (AvgIpc) is 3.00. The maximum absolute atomic E-state index is 11.9. The second-order valence-electron chi connectivity index (χ2n) is 6.72. The van der Waals surface area contributed by atoms with E-state index in [2.05, 4.69) is 15.4 Å². The van der Waals surface area contributed by atoms with Crippen LogP contribution in [0.2, 0.25) is 0 Å². The number of hydrogen-bond acceptors (Lipinski definition) is 6. The number of hydrogen-bond donors (Lipinski definition) is 1. The Bertz CT molecular complexity index is 732. The van der Waals surface area contributed by atoms with Crippen molar-refractivity contribution >= 4 is 11.9 Å². The van der Waals surface area contributed by atoms with E-state index in [1.54, 1.807) is 45.0 Å². The molecule has 1 aromatic heterocycles. The highest BCUT2D eigenvalue weighted by Gasteiger charge is 2.23. The van der Waals surface area contributed by atoms with Crippen LogP contribution < -0.4 is 4.74 Å². The zero-order valence-electron chi connectivity index (χ0n) is 14.6. The van der Waals surface area contributed by atoms with Gasteiger partial charge in [-0.25, -0.2) is 0 Å². The Balaban J connectivity index is 1.94. The number of carbonyl (C=O) groups excluding carboxylic acids is 1. The summed E-state index contributed by atoms with van der Waals surface area (Å²) in [7, 11) is 0. The van der Waals surface area contributed by atoms with E-state index in [1.807, 2.05) is 0 Å². The molecule has 1 heterocycles. The van der Waals surface area contributed by atoms with Gasteiger partial charge in [0.2, 0.25) is 5.82 Å². The van der Waals surface area contributed by atoms with Gasteiger partial charge in [0.05, 0.1) is 12.0 Å². The summed E-state index contributed by atoms with van der Waals surface area (Å²) in [6.45, 7) is 5.90. The minimum absolute atomic E-state index is 0.135. The molecular weight excluding hydrogens is 324 g/mol. The molecule has 0 saturated heterocycles. The van der Waals surface area contributed by atoms with Gasteiger partial charge in [0.15, 0.2) is 0 Å². The molecule has 134 valence electrons. The second kappa shape index (κ2) is 7.87. The number of carboxylic acids is 1. The fourth-order valence-electron chi connectivity index (χ4n) is 1.92. The Kier molecular flexibility index (Phi) is 5.84. The Morgan fingerprint density at radius 2 is 1.84 bits per heavy atom.